The first-order chi connectivity index (χ1) is 12.1. The molecule has 1 aromatic carbocycles. The molecule has 1 fully saturated rings. The van der Waals surface area contributed by atoms with E-state index in [9.17, 15) is 22.8 Å². The van der Waals surface area contributed by atoms with Crippen LogP contribution in [0.4, 0.5) is 23.7 Å². The van der Waals surface area contributed by atoms with Gasteiger partial charge >= 0.3 is 12.2 Å². The topological polar surface area (TPSA) is 70.2 Å². The summed E-state index contributed by atoms with van der Waals surface area (Å²) in [6, 6.07) is 5.71. The van der Waals surface area contributed by atoms with Crippen molar-refractivity contribution in [1.82, 2.24) is 10.6 Å². The summed E-state index contributed by atoms with van der Waals surface area (Å²) in [4.78, 5) is 23.3. The molecule has 0 spiro atoms. The number of amides is 3. The monoisotopic (exact) mass is 371 g/mol. The standard InChI is InChI=1S/C18H24F3N3O2/c1-11(13-5-3-7-15(9-13)23-12(2)25)22-17(26)24-16-8-4-6-14(10-16)18(19,20)21/h3,5,7,9,11,14,16H,4,6,8,10H2,1-2H3,(H,23,25)(H2,22,24,26). The number of carbonyl (C=O) groups is 2. The van der Waals surface area contributed by atoms with Gasteiger partial charge in [0.05, 0.1) is 12.0 Å². The van der Waals surface area contributed by atoms with Gasteiger partial charge in [0.2, 0.25) is 5.91 Å². The first-order valence-corrected chi connectivity index (χ1v) is 8.66. The Balaban J connectivity index is 1.90. The van der Waals surface area contributed by atoms with Gasteiger partial charge in [0.1, 0.15) is 0 Å². The van der Waals surface area contributed by atoms with Crippen LogP contribution in [0.2, 0.25) is 0 Å². The SMILES string of the molecule is CC(=O)Nc1cccc(C(C)NC(=O)NC2CCCC(C(F)(F)F)C2)c1. The summed E-state index contributed by atoms with van der Waals surface area (Å²) in [7, 11) is 0. The zero-order chi connectivity index (χ0) is 19.3. The van der Waals surface area contributed by atoms with Gasteiger partial charge in [0, 0.05) is 18.7 Å². The molecule has 1 saturated carbocycles. The molecule has 26 heavy (non-hydrogen) atoms. The van der Waals surface area contributed by atoms with Gasteiger partial charge in [-0.1, -0.05) is 18.6 Å². The molecule has 0 aromatic heterocycles. The van der Waals surface area contributed by atoms with E-state index in [4.69, 9.17) is 0 Å². The van der Waals surface area contributed by atoms with Crippen LogP contribution in [-0.4, -0.2) is 24.2 Å². The third-order valence-electron chi connectivity index (χ3n) is 4.53. The second kappa shape index (κ2) is 8.42. The number of urea groups is 1. The van der Waals surface area contributed by atoms with Gasteiger partial charge in [-0.25, -0.2) is 4.79 Å². The summed E-state index contributed by atoms with van der Waals surface area (Å²) in [6.07, 6.45) is -3.18. The minimum absolute atomic E-state index is 0.0800. The minimum atomic E-state index is -4.21. The van der Waals surface area contributed by atoms with E-state index in [1.54, 1.807) is 31.2 Å². The van der Waals surface area contributed by atoms with Crippen LogP contribution in [0.15, 0.2) is 24.3 Å². The lowest BCUT2D eigenvalue weighted by Gasteiger charge is -2.31. The van der Waals surface area contributed by atoms with Crippen molar-refractivity contribution in [3.05, 3.63) is 29.8 Å². The molecule has 8 heteroatoms. The maximum absolute atomic E-state index is 12.9. The lowest BCUT2D eigenvalue weighted by atomic mass is 9.85. The average Bonchev–Trinajstić information content (AvgIpc) is 2.53. The number of alkyl halides is 3. The van der Waals surface area contributed by atoms with E-state index < -0.39 is 24.2 Å². The maximum Gasteiger partial charge on any atom is 0.391 e. The van der Waals surface area contributed by atoms with E-state index in [2.05, 4.69) is 16.0 Å². The fourth-order valence-electron chi connectivity index (χ4n) is 3.21. The summed E-state index contributed by atoms with van der Waals surface area (Å²) < 4.78 is 38.6. The van der Waals surface area contributed by atoms with E-state index in [1.165, 1.54) is 6.92 Å². The van der Waals surface area contributed by atoms with Gasteiger partial charge in [-0.15, -0.1) is 0 Å². The largest absolute Gasteiger partial charge is 0.391 e. The molecular formula is C18H24F3N3O2. The van der Waals surface area contributed by atoms with Crippen LogP contribution in [0.25, 0.3) is 0 Å². The summed E-state index contributed by atoms with van der Waals surface area (Å²) in [5.74, 6) is -1.55. The van der Waals surface area contributed by atoms with Crippen LogP contribution >= 0.6 is 0 Å². The molecule has 5 nitrogen and oxygen atoms in total. The third kappa shape index (κ3) is 5.93. The number of halogens is 3. The average molecular weight is 371 g/mol. The van der Waals surface area contributed by atoms with Gasteiger partial charge in [-0.2, -0.15) is 13.2 Å². The number of benzene rings is 1. The summed E-state index contributed by atoms with van der Waals surface area (Å²) in [5.41, 5.74) is 1.40. The van der Waals surface area contributed by atoms with Crippen LogP contribution in [0.3, 0.4) is 0 Å². The molecule has 3 atom stereocenters. The highest BCUT2D eigenvalue weighted by atomic mass is 19.4. The third-order valence-corrected chi connectivity index (χ3v) is 4.53. The van der Waals surface area contributed by atoms with Crippen molar-refractivity contribution < 1.29 is 22.8 Å². The highest BCUT2D eigenvalue weighted by molar-refractivity contribution is 5.88. The highest BCUT2D eigenvalue weighted by Gasteiger charge is 2.42. The van der Waals surface area contributed by atoms with Crippen molar-refractivity contribution in [3.8, 4) is 0 Å². The maximum atomic E-state index is 12.9. The predicted molar refractivity (Wildman–Crippen MR) is 92.6 cm³/mol. The first kappa shape index (κ1) is 20.1. The Labute approximate surface area is 150 Å². The normalized spacial score (nSPS) is 21.6. The molecule has 0 saturated heterocycles. The smallest absolute Gasteiger partial charge is 0.335 e. The van der Waals surface area contributed by atoms with Gasteiger partial charge in [-0.05, 0) is 43.9 Å². The fourth-order valence-corrected chi connectivity index (χ4v) is 3.21. The van der Waals surface area contributed by atoms with Crippen molar-refractivity contribution in [3.63, 3.8) is 0 Å². The number of rotatable bonds is 4. The Hall–Kier alpha value is -2.25. The molecule has 0 radical (unpaired) electrons. The Bertz CT molecular complexity index is 649. The second-order valence-corrected chi connectivity index (χ2v) is 6.75. The Kier molecular flexibility index (Phi) is 6.50. The molecule has 0 aliphatic heterocycles. The van der Waals surface area contributed by atoms with Crippen LogP contribution in [-0.2, 0) is 4.79 Å². The molecule has 144 valence electrons. The van der Waals surface area contributed by atoms with Crippen LogP contribution in [0.1, 0.15) is 51.1 Å². The van der Waals surface area contributed by atoms with Crippen molar-refractivity contribution in [2.75, 3.05) is 5.32 Å². The Morgan fingerprint density at radius 1 is 1.23 bits per heavy atom. The van der Waals surface area contributed by atoms with Crippen molar-refractivity contribution in [2.45, 2.75) is 57.8 Å². The Morgan fingerprint density at radius 3 is 2.62 bits per heavy atom. The van der Waals surface area contributed by atoms with E-state index in [-0.39, 0.29) is 24.8 Å². The van der Waals surface area contributed by atoms with Crippen LogP contribution in [0.5, 0.6) is 0 Å². The molecule has 2 rings (SSSR count). The van der Waals surface area contributed by atoms with Crippen molar-refractivity contribution in [1.29, 1.82) is 0 Å². The molecule has 3 amide bonds. The van der Waals surface area contributed by atoms with E-state index in [1.807, 2.05) is 0 Å². The van der Waals surface area contributed by atoms with Crippen LogP contribution < -0.4 is 16.0 Å². The molecule has 1 aromatic rings. The first-order valence-electron chi connectivity index (χ1n) is 8.66. The number of nitrogens with one attached hydrogen (secondary N) is 3. The molecule has 3 N–H and O–H groups in total. The summed E-state index contributed by atoms with van der Waals surface area (Å²) >= 11 is 0. The van der Waals surface area contributed by atoms with Gasteiger partial charge in [-0.3, -0.25) is 4.79 Å². The lowest BCUT2D eigenvalue weighted by molar-refractivity contribution is -0.183. The zero-order valence-electron chi connectivity index (χ0n) is 14.8. The van der Waals surface area contributed by atoms with Gasteiger partial charge in [0.25, 0.3) is 0 Å². The number of hydrogen-bond acceptors (Lipinski definition) is 2. The predicted octanol–water partition coefficient (Wildman–Crippen LogP) is 4.13. The zero-order valence-corrected chi connectivity index (χ0v) is 14.8. The molecule has 1 aliphatic rings. The van der Waals surface area contributed by atoms with Crippen molar-refractivity contribution in [2.24, 2.45) is 5.92 Å². The molecule has 1 aliphatic carbocycles. The summed E-state index contributed by atoms with van der Waals surface area (Å²) in [6.45, 7) is 3.17. The van der Waals surface area contributed by atoms with Gasteiger partial charge < -0.3 is 16.0 Å². The molecule has 0 bridgehead atoms. The van der Waals surface area contributed by atoms with E-state index in [0.717, 1.165) is 5.56 Å². The Morgan fingerprint density at radius 2 is 1.96 bits per heavy atom. The van der Waals surface area contributed by atoms with E-state index >= 15 is 0 Å². The minimum Gasteiger partial charge on any atom is -0.335 e. The summed E-state index contributed by atoms with van der Waals surface area (Å²) in [5, 5.41) is 8.05. The highest BCUT2D eigenvalue weighted by Crippen LogP contribution is 2.37. The fraction of sp³-hybridized carbons (Fsp3) is 0.556. The quantitative estimate of drug-likeness (QED) is 0.745. The molecular weight excluding hydrogens is 347 g/mol. The van der Waals surface area contributed by atoms with Crippen molar-refractivity contribution >= 4 is 17.6 Å². The molecule has 0 heterocycles. The number of carbonyl (C=O) groups excluding carboxylic acids is 2. The van der Waals surface area contributed by atoms with Gasteiger partial charge in [0.15, 0.2) is 0 Å². The molecule has 3 unspecified atom stereocenters. The lowest BCUT2D eigenvalue weighted by Crippen LogP contribution is -2.46. The number of hydrogen-bond donors (Lipinski definition) is 3. The second-order valence-electron chi connectivity index (χ2n) is 6.75. The number of anilines is 1. The van der Waals surface area contributed by atoms with Crippen LogP contribution in [0, 0.1) is 5.92 Å². The van der Waals surface area contributed by atoms with E-state index in [0.29, 0.717) is 18.5 Å².